The number of benzene rings is 2. The van der Waals surface area contributed by atoms with Crippen molar-refractivity contribution in [1.29, 1.82) is 0 Å². The molecule has 9 heteroatoms. The Hall–Kier alpha value is -3.23. The summed E-state index contributed by atoms with van der Waals surface area (Å²) in [6.07, 6.45) is -4.51. The summed E-state index contributed by atoms with van der Waals surface area (Å²) in [5.41, 5.74) is 4.25. The fourth-order valence-corrected chi connectivity index (χ4v) is 2.05. The highest BCUT2D eigenvalue weighted by molar-refractivity contribution is 6.04. The van der Waals surface area contributed by atoms with Crippen LogP contribution in [0, 0.1) is 0 Å². The van der Waals surface area contributed by atoms with Crippen molar-refractivity contribution in [3.05, 3.63) is 53.6 Å². The standard InChI is InChI=1S/C17H15F3N2O4/c1-25-14-7-10(5-6-13(14)26-9-15(21)23)16(24)22-12-4-2-3-11(8-12)17(18,19)20/h2-8H,9H2,1H3,(H2,21,23)(H,22,24). The van der Waals surface area contributed by atoms with Crippen molar-refractivity contribution in [3.63, 3.8) is 0 Å². The number of carbonyl (C=O) groups excluding carboxylic acids is 2. The maximum Gasteiger partial charge on any atom is 0.416 e. The fourth-order valence-electron chi connectivity index (χ4n) is 2.05. The largest absolute Gasteiger partial charge is 0.493 e. The Bertz CT molecular complexity index is 822. The maximum atomic E-state index is 12.7. The van der Waals surface area contributed by atoms with Gasteiger partial charge in [-0.05, 0) is 36.4 Å². The second kappa shape index (κ2) is 7.77. The summed E-state index contributed by atoms with van der Waals surface area (Å²) in [5, 5.41) is 2.38. The van der Waals surface area contributed by atoms with Crippen LogP contribution in [0.15, 0.2) is 42.5 Å². The van der Waals surface area contributed by atoms with Gasteiger partial charge in [0, 0.05) is 11.3 Å². The molecule has 2 aromatic rings. The van der Waals surface area contributed by atoms with Crippen LogP contribution in [0.4, 0.5) is 18.9 Å². The molecule has 0 aromatic heterocycles. The Morgan fingerprint density at radius 3 is 2.46 bits per heavy atom. The number of primary amides is 1. The number of alkyl halides is 3. The van der Waals surface area contributed by atoms with Gasteiger partial charge in [-0.1, -0.05) is 6.07 Å². The van der Waals surface area contributed by atoms with Crippen molar-refractivity contribution in [3.8, 4) is 11.5 Å². The molecule has 2 rings (SSSR count). The molecule has 0 unspecified atom stereocenters. The Labute approximate surface area is 146 Å². The highest BCUT2D eigenvalue weighted by Crippen LogP contribution is 2.31. The number of rotatable bonds is 6. The molecule has 0 aliphatic carbocycles. The average Bonchev–Trinajstić information content (AvgIpc) is 2.59. The summed E-state index contributed by atoms with van der Waals surface area (Å²) in [4.78, 5) is 23.0. The molecule has 0 aliphatic rings. The van der Waals surface area contributed by atoms with Gasteiger partial charge in [-0.25, -0.2) is 0 Å². The predicted octanol–water partition coefficient (Wildman–Crippen LogP) is 2.83. The minimum Gasteiger partial charge on any atom is -0.493 e. The van der Waals surface area contributed by atoms with Gasteiger partial charge in [-0.3, -0.25) is 9.59 Å². The molecule has 0 saturated carbocycles. The summed E-state index contributed by atoms with van der Waals surface area (Å²) in [7, 11) is 1.33. The second-order valence-corrected chi connectivity index (χ2v) is 5.15. The molecule has 0 atom stereocenters. The molecule has 2 aromatic carbocycles. The van der Waals surface area contributed by atoms with Crippen molar-refractivity contribution in [2.24, 2.45) is 5.73 Å². The van der Waals surface area contributed by atoms with E-state index in [1.165, 1.54) is 37.4 Å². The Morgan fingerprint density at radius 1 is 1.12 bits per heavy atom. The van der Waals surface area contributed by atoms with Crippen LogP contribution in [0.25, 0.3) is 0 Å². The van der Waals surface area contributed by atoms with E-state index in [0.29, 0.717) is 0 Å². The quantitative estimate of drug-likeness (QED) is 0.820. The smallest absolute Gasteiger partial charge is 0.416 e. The van der Waals surface area contributed by atoms with Gasteiger partial charge in [-0.15, -0.1) is 0 Å². The summed E-state index contributed by atoms with van der Waals surface area (Å²) in [6.45, 7) is -0.369. The molecular formula is C17H15F3N2O4. The van der Waals surface area contributed by atoms with E-state index in [2.05, 4.69) is 5.32 Å². The minimum absolute atomic E-state index is 0.00199. The van der Waals surface area contributed by atoms with Crippen LogP contribution < -0.4 is 20.5 Å². The third kappa shape index (κ3) is 4.88. The molecule has 3 N–H and O–H groups in total. The van der Waals surface area contributed by atoms with E-state index < -0.39 is 23.6 Å². The highest BCUT2D eigenvalue weighted by atomic mass is 19.4. The number of carbonyl (C=O) groups is 2. The third-order valence-electron chi connectivity index (χ3n) is 3.24. The SMILES string of the molecule is COc1cc(C(=O)Nc2cccc(C(F)(F)F)c2)ccc1OCC(N)=O. The number of nitrogens with two attached hydrogens (primary N) is 1. The molecule has 0 saturated heterocycles. The van der Waals surface area contributed by atoms with Crippen molar-refractivity contribution in [2.45, 2.75) is 6.18 Å². The summed E-state index contributed by atoms with van der Waals surface area (Å²) in [5.74, 6) is -0.952. The summed E-state index contributed by atoms with van der Waals surface area (Å²) >= 11 is 0. The molecule has 0 spiro atoms. The zero-order valence-electron chi connectivity index (χ0n) is 13.6. The average molecular weight is 368 g/mol. The van der Waals surface area contributed by atoms with E-state index in [1.807, 2.05) is 0 Å². The number of ether oxygens (including phenoxy) is 2. The van der Waals surface area contributed by atoms with Gasteiger partial charge in [0.1, 0.15) is 0 Å². The molecule has 138 valence electrons. The van der Waals surface area contributed by atoms with Gasteiger partial charge in [0.15, 0.2) is 18.1 Å². The molecule has 0 radical (unpaired) electrons. The van der Waals surface area contributed by atoms with Crippen molar-refractivity contribution in [2.75, 3.05) is 19.0 Å². The van der Waals surface area contributed by atoms with Gasteiger partial charge in [0.05, 0.1) is 12.7 Å². The van der Waals surface area contributed by atoms with Crippen molar-refractivity contribution < 1.29 is 32.2 Å². The number of halogens is 3. The topological polar surface area (TPSA) is 90.7 Å². The predicted molar refractivity (Wildman–Crippen MR) is 87.1 cm³/mol. The van der Waals surface area contributed by atoms with Crippen LogP contribution in [0.5, 0.6) is 11.5 Å². The fraction of sp³-hybridized carbons (Fsp3) is 0.176. The molecule has 0 heterocycles. The first-order valence-electron chi connectivity index (χ1n) is 7.28. The Morgan fingerprint density at radius 2 is 1.85 bits per heavy atom. The van der Waals surface area contributed by atoms with Crippen LogP contribution in [0.3, 0.4) is 0 Å². The number of methoxy groups -OCH3 is 1. The van der Waals surface area contributed by atoms with E-state index in [0.717, 1.165) is 12.1 Å². The third-order valence-corrected chi connectivity index (χ3v) is 3.24. The first-order chi connectivity index (χ1) is 12.2. The van der Waals surface area contributed by atoms with Gasteiger partial charge < -0.3 is 20.5 Å². The van der Waals surface area contributed by atoms with E-state index in [4.69, 9.17) is 15.2 Å². The highest BCUT2D eigenvalue weighted by Gasteiger charge is 2.30. The van der Waals surface area contributed by atoms with E-state index in [-0.39, 0.29) is 29.4 Å². The lowest BCUT2D eigenvalue weighted by Crippen LogP contribution is -2.20. The van der Waals surface area contributed by atoms with Crippen molar-refractivity contribution in [1.82, 2.24) is 0 Å². The molecule has 0 aliphatic heterocycles. The van der Waals surface area contributed by atoms with E-state index in [1.54, 1.807) is 0 Å². The number of hydrogen-bond acceptors (Lipinski definition) is 4. The van der Waals surface area contributed by atoms with Crippen LogP contribution in [0.2, 0.25) is 0 Å². The minimum atomic E-state index is -4.51. The van der Waals surface area contributed by atoms with Crippen LogP contribution >= 0.6 is 0 Å². The number of amides is 2. The van der Waals surface area contributed by atoms with Crippen LogP contribution in [0.1, 0.15) is 15.9 Å². The molecule has 2 amide bonds. The molecule has 0 fully saturated rings. The van der Waals surface area contributed by atoms with Gasteiger partial charge in [0.2, 0.25) is 0 Å². The first-order valence-corrected chi connectivity index (χ1v) is 7.28. The normalized spacial score (nSPS) is 10.9. The van der Waals surface area contributed by atoms with Gasteiger partial charge in [-0.2, -0.15) is 13.2 Å². The summed E-state index contributed by atoms with van der Waals surface area (Å²) in [6, 6.07) is 8.38. The van der Waals surface area contributed by atoms with E-state index >= 15 is 0 Å². The van der Waals surface area contributed by atoms with Crippen LogP contribution in [-0.2, 0) is 11.0 Å². The van der Waals surface area contributed by atoms with Crippen LogP contribution in [-0.4, -0.2) is 25.5 Å². The lowest BCUT2D eigenvalue weighted by Gasteiger charge is -2.12. The number of anilines is 1. The lowest BCUT2D eigenvalue weighted by molar-refractivity contribution is -0.137. The first kappa shape index (κ1) is 19.1. The Balaban J connectivity index is 2.18. The molecule has 0 bridgehead atoms. The second-order valence-electron chi connectivity index (χ2n) is 5.15. The monoisotopic (exact) mass is 368 g/mol. The number of nitrogens with one attached hydrogen (secondary N) is 1. The summed E-state index contributed by atoms with van der Waals surface area (Å²) < 4.78 is 48.4. The molecule has 26 heavy (non-hydrogen) atoms. The molecular weight excluding hydrogens is 353 g/mol. The van der Waals surface area contributed by atoms with Gasteiger partial charge >= 0.3 is 6.18 Å². The molecule has 6 nitrogen and oxygen atoms in total. The van der Waals surface area contributed by atoms with Gasteiger partial charge in [0.25, 0.3) is 11.8 Å². The lowest BCUT2D eigenvalue weighted by atomic mass is 10.1. The zero-order chi connectivity index (χ0) is 19.3. The zero-order valence-corrected chi connectivity index (χ0v) is 13.6. The van der Waals surface area contributed by atoms with Crippen molar-refractivity contribution >= 4 is 17.5 Å². The maximum absolute atomic E-state index is 12.7. The van der Waals surface area contributed by atoms with E-state index in [9.17, 15) is 22.8 Å². The Kier molecular flexibility index (Phi) is 5.71. The number of hydrogen-bond donors (Lipinski definition) is 2.